The molecule has 0 radical (unpaired) electrons. The predicted octanol–water partition coefficient (Wildman–Crippen LogP) is 3.61. The maximum Gasteiger partial charge on any atom is 0.0315 e. The summed E-state index contributed by atoms with van der Waals surface area (Å²) >= 11 is 1.86. The lowest BCUT2D eigenvalue weighted by Gasteiger charge is -2.13. The molecule has 3 heteroatoms. The van der Waals surface area contributed by atoms with Gasteiger partial charge in [-0.15, -0.1) is 11.3 Å². The fraction of sp³-hybridized carbons (Fsp3) is 0.357. The van der Waals surface area contributed by atoms with Crippen LogP contribution in [0, 0.1) is 13.8 Å². The Hall–Kier alpha value is -1.19. The predicted molar refractivity (Wildman–Crippen MR) is 73.3 cm³/mol. The van der Waals surface area contributed by atoms with Gasteiger partial charge in [0.2, 0.25) is 0 Å². The van der Waals surface area contributed by atoms with Crippen molar-refractivity contribution in [2.45, 2.75) is 33.4 Å². The molecule has 17 heavy (non-hydrogen) atoms. The first kappa shape index (κ1) is 12.3. The zero-order valence-corrected chi connectivity index (χ0v) is 11.3. The van der Waals surface area contributed by atoms with E-state index in [0.29, 0.717) is 6.04 Å². The number of thiophene rings is 1. The van der Waals surface area contributed by atoms with Crippen LogP contribution in [0.5, 0.6) is 0 Å². The van der Waals surface area contributed by atoms with Gasteiger partial charge in [0, 0.05) is 34.7 Å². The van der Waals surface area contributed by atoms with Crippen LogP contribution < -0.4 is 5.32 Å². The molecule has 0 spiro atoms. The van der Waals surface area contributed by atoms with Crippen molar-refractivity contribution >= 4 is 11.3 Å². The Kier molecular flexibility index (Phi) is 3.92. The first-order chi connectivity index (χ1) is 8.16. The van der Waals surface area contributed by atoms with Gasteiger partial charge >= 0.3 is 0 Å². The summed E-state index contributed by atoms with van der Waals surface area (Å²) in [5.74, 6) is 0. The highest BCUT2D eigenvalue weighted by atomic mass is 32.1. The zero-order valence-electron chi connectivity index (χ0n) is 10.5. The van der Waals surface area contributed by atoms with E-state index in [-0.39, 0.29) is 0 Å². The van der Waals surface area contributed by atoms with Crippen LogP contribution in [0.4, 0.5) is 0 Å². The SMILES string of the molecule is Cc1cc(CNC(C)c2cccnc2)c(C)s1. The van der Waals surface area contributed by atoms with Crippen LogP contribution in [0.2, 0.25) is 0 Å². The number of nitrogens with zero attached hydrogens (tertiary/aromatic N) is 1. The number of aryl methyl sites for hydroxylation is 2. The molecule has 1 N–H and O–H groups in total. The Morgan fingerprint density at radius 2 is 2.24 bits per heavy atom. The molecule has 0 aliphatic heterocycles. The second-order valence-electron chi connectivity index (χ2n) is 4.33. The van der Waals surface area contributed by atoms with E-state index in [4.69, 9.17) is 0 Å². The van der Waals surface area contributed by atoms with E-state index in [0.717, 1.165) is 6.54 Å². The van der Waals surface area contributed by atoms with Gasteiger partial charge in [-0.05, 0) is 44.0 Å². The highest BCUT2D eigenvalue weighted by Gasteiger charge is 2.07. The van der Waals surface area contributed by atoms with Crippen molar-refractivity contribution in [2.75, 3.05) is 0 Å². The lowest BCUT2D eigenvalue weighted by molar-refractivity contribution is 0.572. The number of aromatic nitrogens is 1. The van der Waals surface area contributed by atoms with Crippen molar-refractivity contribution in [3.8, 4) is 0 Å². The number of hydrogen-bond acceptors (Lipinski definition) is 3. The molecule has 2 heterocycles. The van der Waals surface area contributed by atoms with Crippen LogP contribution in [0.15, 0.2) is 30.6 Å². The van der Waals surface area contributed by atoms with Gasteiger partial charge < -0.3 is 5.32 Å². The molecule has 2 nitrogen and oxygen atoms in total. The van der Waals surface area contributed by atoms with Crippen LogP contribution in [0.25, 0.3) is 0 Å². The van der Waals surface area contributed by atoms with E-state index >= 15 is 0 Å². The fourth-order valence-corrected chi connectivity index (χ4v) is 2.82. The van der Waals surface area contributed by atoms with E-state index in [1.165, 1.54) is 20.9 Å². The molecule has 2 aromatic rings. The lowest BCUT2D eigenvalue weighted by Crippen LogP contribution is -2.18. The molecular weight excluding hydrogens is 228 g/mol. The summed E-state index contributed by atoms with van der Waals surface area (Å²) in [5, 5.41) is 3.54. The normalized spacial score (nSPS) is 12.6. The monoisotopic (exact) mass is 246 g/mol. The van der Waals surface area contributed by atoms with Crippen molar-refractivity contribution in [1.82, 2.24) is 10.3 Å². The molecule has 0 aliphatic rings. The zero-order chi connectivity index (χ0) is 12.3. The van der Waals surface area contributed by atoms with Crippen molar-refractivity contribution < 1.29 is 0 Å². The van der Waals surface area contributed by atoms with Gasteiger partial charge in [-0.2, -0.15) is 0 Å². The summed E-state index contributed by atoms with van der Waals surface area (Å²) in [6, 6.07) is 6.69. The Bertz CT molecular complexity index is 476. The molecule has 90 valence electrons. The number of rotatable bonds is 4. The minimum atomic E-state index is 0.336. The van der Waals surface area contributed by atoms with Gasteiger partial charge in [-0.25, -0.2) is 0 Å². The summed E-state index contributed by atoms with van der Waals surface area (Å²) in [5.41, 5.74) is 2.64. The third kappa shape index (κ3) is 3.14. The highest BCUT2D eigenvalue weighted by Crippen LogP contribution is 2.21. The third-order valence-electron chi connectivity index (χ3n) is 2.93. The molecule has 2 rings (SSSR count). The summed E-state index contributed by atoms with van der Waals surface area (Å²) in [6.07, 6.45) is 3.73. The number of hydrogen-bond donors (Lipinski definition) is 1. The largest absolute Gasteiger partial charge is 0.306 e. The average Bonchev–Trinajstić information content (AvgIpc) is 2.66. The van der Waals surface area contributed by atoms with Crippen LogP contribution in [0.3, 0.4) is 0 Å². The second kappa shape index (κ2) is 5.43. The molecule has 1 unspecified atom stereocenters. The minimum Gasteiger partial charge on any atom is -0.306 e. The summed E-state index contributed by atoms with van der Waals surface area (Å²) < 4.78 is 0. The number of nitrogens with one attached hydrogen (secondary N) is 1. The van der Waals surface area contributed by atoms with E-state index in [1.807, 2.05) is 29.8 Å². The minimum absolute atomic E-state index is 0.336. The van der Waals surface area contributed by atoms with Crippen molar-refractivity contribution in [3.63, 3.8) is 0 Å². The van der Waals surface area contributed by atoms with E-state index in [2.05, 4.69) is 43.2 Å². The van der Waals surface area contributed by atoms with Gasteiger partial charge in [-0.1, -0.05) is 6.07 Å². The molecule has 0 amide bonds. The van der Waals surface area contributed by atoms with E-state index in [1.54, 1.807) is 0 Å². The smallest absolute Gasteiger partial charge is 0.0315 e. The maximum absolute atomic E-state index is 4.14. The molecule has 1 atom stereocenters. The van der Waals surface area contributed by atoms with Gasteiger partial charge in [0.15, 0.2) is 0 Å². The standard InChI is InChI=1S/C14H18N2S/c1-10-7-14(12(3)17-10)9-16-11(2)13-5-4-6-15-8-13/h4-8,11,16H,9H2,1-3H3. The van der Waals surface area contributed by atoms with E-state index < -0.39 is 0 Å². The van der Waals surface area contributed by atoms with Gasteiger partial charge in [-0.3, -0.25) is 4.98 Å². The molecule has 0 bridgehead atoms. The highest BCUT2D eigenvalue weighted by molar-refractivity contribution is 7.12. The molecule has 0 saturated carbocycles. The average molecular weight is 246 g/mol. The molecule has 0 aromatic carbocycles. The molecule has 0 saturated heterocycles. The first-order valence-electron chi connectivity index (χ1n) is 5.86. The van der Waals surface area contributed by atoms with Gasteiger partial charge in [0.1, 0.15) is 0 Å². The molecule has 0 aliphatic carbocycles. The summed E-state index contributed by atoms with van der Waals surface area (Å²) in [4.78, 5) is 6.94. The van der Waals surface area contributed by atoms with E-state index in [9.17, 15) is 0 Å². The second-order valence-corrected chi connectivity index (χ2v) is 5.79. The summed E-state index contributed by atoms with van der Waals surface area (Å²) in [6.45, 7) is 7.44. The van der Waals surface area contributed by atoms with Crippen LogP contribution >= 0.6 is 11.3 Å². The van der Waals surface area contributed by atoms with Crippen LogP contribution in [-0.2, 0) is 6.54 Å². The molecular formula is C14H18N2S. The third-order valence-corrected chi connectivity index (χ3v) is 3.94. The Balaban J connectivity index is 1.97. The number of pyridine rings is 1. The topological polar surface area (TPSA) is 24.9 Å². The Morgan fingerprint density at radius 1 is 1.41 bits per heavy atom. The molecule has 0 fully saturated rings. The van der Waals surface area contributed by atoms with Gasteiger partial charge in [0.25, 0.3) is 0 Å². The summed E-state index contributed by atoms with van der Waals surface area (Å²) in [7, 11) is 0. The van der Waals surface area contributed by atoms with Crippen LogP contribution in [-0.4, -0.2) is 4.98 Å². The van der Waals surface area contributed by atoms with Crippen LogP contribution in [0.1, 0.15) is 33.8 Å². The maximum atomic E-state index is 4.14. The van der Waals surface area contributed by atoms with Crippen molar-refractivity contribution in [2.24, 2.45) is 0 Å². The molecule has 2 aromatic heterocycles. The Labute approximate surface area is 107 Å². The van der Waals surface area contributed by atoms with Crippen molar-refractivity contribution in [1.29, 1.82) is 0 Å². The fourth-order valence-electron chi connectivity index (χ4n) is 1.87. The first-order valence-corrected chi connectivity index (χ1v) is 6.67. The lowest BCUT2D eigenvalue weighted by atomic mass is 10.1. The quantitative estimate of drug-likeness (QED) is 0.891. The van der Waals surface area contributed by atoms with Gasteiger partial charge in [0.05, 0.1) is 0 Å². The van der Waals surface area contributed by atoms with Crippen molar-refractivity contribution in [3.05, 3.63) is 51.5 Å². The Morgan fingerprint density at radius 3 is 2.82 bits per heavy atom.